The van der Waals surface area contributed by atoms with Crippen LogP contribution in [0, 0.1) is 5.41 Å². The van der Waals surface area contributed by atoms with Gasteiger partial charge in [-0.1, -0.05) is 73.1 Å². The van der Waals surface area contributed by atoms with Crippen LogP contribution in [0.4, 0.5) is 4.79 Å². The molecule has 21 N–H and O–H groups in total. The summed E-state index contributed by atoms with van der Waals surface area (Å²) in [5.41, 5.74) is 11.9. The molecule has 0 radical (unpaired) electrons. The number of phosphoric acid groups is 1. The number of ketones is 1. The van der Waals surface area contributed by atoms with Crippen molar-refractivity contribution in [3.8, 4) is 0 Å². The fraction of sp³-hybridized carbons (Fsp3) is 0.725. The molecule has 5 fully saturated rings. The van der Waals surface area contributed by atoms with Crippen molar-refractivity contribution in [1.82, 2.24) is 16.0 Å². The Morgan fingerprint density at radius 3 is 1.81 bits per heavy atom. The highest BCUT2D eigenvalue weighted by Crippen LogP contribution is 2.49. The van der Waals surface area contributed by atoms with E-state index in [2.05, 4.69) is 75.4 Å². The molecule has 6 aliphatic rings. The molecule has 110 heavy (non-hydrogen) atoms. The van der Waals surface area contributed by atoms with Crippen LogP contribution in [0.25, 0.3) is 0 Å². The molecule has 41 heteroatoms. The minimum Gasteiger partial charge on any atom is -0.510 e. The zero-order chi connectivity index (χ0) is 82.2. The maximum Gasteiger partial charge on any atom is 0.474 e. The van der Waals surface area contributed by atoms with Crippen molar-refractivity contribution < 1.29 is 171 Å². The van der Waals surface area contributed by atoms with Crippen LogP contribution in [0.1, 0.15) is 120 Å². The van der Waals surface area contributed by atoms with Gasteiger partial charge in [-0.15, -0.1) is 0 Å². The lowest BCUT2D eigenvalue weighted by Crippen LogP contribution is -2.72. The largest absolute Gasteiger partial charge is 0.510 e. The van der Waals surface area contributed by atoms with E-state index in [4.69, 9.17) is 72.6 Å². The van der Waals surface area contributed by atoms with Gasteiger partial charge in [-0.05, 0) is 85.0 Å². The van der Waals surface area contributed by atoms with Crippen molar-refractivity contribution in [3.05, 3.63) is 70.7 Å². The Morgan fingerprint density at radius 1 is 0.691 bits per heavy atom. The van der Waals surface area contributed by atoms with Gasteiger partial charge in [0.15, 0.2) is 67.8 Å². The average Bonchev–Trinajstić information content (AvgIpc) is 0.834. The number of amides is 5. The van der Waals surface area contributed by atoms with Crippen molar-refractivity contribution in [3.63, 3.8) is 0 Å². The van der Waals surface area contributed by atoms with Crippen LogP contribution in [0.2, 0.25) is 0 Å². The summed E-state index contributed by atoms with van der Waals surface area (Å²) >= 11 is 0. The first-order chi connectivity index (χ1) is 51.4. The standard InChI is InChI=1S/C69H108N5O35P/c1-30(2)14-13-16-31(3)17-18-33(5)21-24-68(8,9)23-12-11-15-32(4)22-25-97-41(61(91)92)29-99-110(95,96)109-66-56(57(108-67(71)93)69(10,94)58(107-66)59(70)89)106-63-44(73-35(7)78)47(83)54(40(102-63)28-98-64-51(87)48(84)45(81)38(26-75)100-64)103-62-43(72-34(6)77)46(82)53(39(27-76)101-62)104-65-52(88)49(85)50(86)55(105-65)60(90)74-42-36(79)19-20-37(42)80/h12,14,17,22-23,38-41,43-58,62-66,75-76,79,81-88,94H,5,11,13,15-16,18-21,24-29H2,1-4,6-10H3,(H2,70,89)(H2,71,93)(H,72,77)(H,73,78)(H,74,90)(H,91,92)(H,95,96)/b23-12+,31-17+,32-22-/t38-,39-,40-,41-,43-,44-,45-,46-,47-,48+,49+,50-,51-,52-,53-,54-,55+,56-,57-,58-,62+,63+,64-,65-,66-,69+/m1/s1. The molecule has 0 aromatic heterocycles. The minimum absolute atomic E-state index is 0.151. The third kappa shape index (κ3) is 25.4. The Kier molecular flexibility index (Phi) is 34.7. The first-order valence-corrected chi connectivity index (χ1v) is 37.0. The van der Waals surface area contributed by atoms with Gasteiger partial charge in [0.2, 0.25) is 17.7 Å². The topological polar surface area (TPSA) is 628 Å². The minimum atomic E-state index is -5.87. The average molecular weight is 1600 g/mol. The summed E-state index contributed by atoms with van der Waals surface area (Å²) in [6.45, 7) is 14.2. The van der Waals surface area contributed by atoms with E-state index in [0.717, 1.165) is 64.0 Å². The molecule has 27 atom stereocenters. The number of Topliss-reactive ketones (excluding diaryl/α,β-unsaturated/α-hetero) is 1. The van der Waals surface area contributed by atoms with E-state index in [1.807, 2.05) is 6.08 Å². The molecule has 5 amide bonds. The molecule has 40 nitrogen and oxygen atoms in total. The summed E-state index contributed by atoms with van der Waals surface area (Å²) in [7, 11) is -5.87. The van der Waals surface area contributed by atoms with E-state index in [1.54, 1.807) is 13.0 Å². The van der Waals surface area contributed by atoms with E-state index in [1.165, 1.54) is 11.1 Å². The number of hydrogen-bond acceptors (Lipinski definition) is 33. The molecule has 0 aromatic rings. The van der Waals surface area contributed by atoms with Gasteiger partial charge < -0.3 is 151 Å². The molecule has 1 unspecified atom stereocenters. The number of hydrogen-bond donors (Lipinski definition) is 19. The van der Waals surface area contributed by atoms with Crippen LogP contribution in [0.15, 0.2) is 70.7 Å². The van der Waals surface area contributed by atoms with Gasteiger partial charge in [0.05, 0.1) is 33.0 Å². The molecule has 624 valence electrons. The molecule has 0 saturated carbocycles. The van der Waals surface area contributed by atoms with Gasteiger partial charge in [0.25, 0.3) is 5.91 Å². The Balaban J connectivity index is 1.26. The number of carbonyl (C=O) groups is 7. The van der Waals surface area contributed by atoms with Crippen LogP contribution in [-0.4, -0.2) is 305 Å². The van der Waals surface area contributed by atoms with Crippen LogP contribution in [-0.2, 0) is 94.5 Å². The summed E-state index contributed by atoms with van der Waals surface area (Å²) < 4.78 is 88.5. The predicted octanol–water partition coefficient (Wildman–Crippen LogP) is -3.06. The van der Waals surface area contributed by atoms with E-state index in [9.17, 15) is 109 Å². The van der Waals surface area contributed by atoms with Gasteiger partial charge in [-0.2, -0.15) is 0 Å². The molecule has 0 spiro atoms. The van der Waals surface area contributed by atoms with Crippen LogP contribution >= 0.6 is 7.82 Å². The number of ether oxygens (including phenoxy) is 11. The molecule has 5 heterocycles. The SMILES string of the molecule is C=C(C/C=C(\C)CCC=C(C)C)CCC(C)(C)/C=C/CC/C(C)=C\CO[C@H](COP(=O)(O)O[C@H]1O[C@H](C(N)=O)[C@@](C)(O)[C@H](OC(N)=O)[C@H]1O[C@@H]1O[C@H](CO[C@@H]2O[C@H](CO)[C@@H](O)[C@H](O)[C@H]2O)[C@@H](O[C@@H]2O[C@H](CO)[C@@H](O[C@@H]3O[C@H](C(=O)NC4=C(O)CCC4=O)[C@H](O)[C@H](O)[C@H]3O)[C@H](O)[C@H]2NC(C)=O)[C@H](O)[C@H]1NC(C)=O)C(=O)O. The monoisotopic (exact) mass is 1600 g/mol. The molecular weight excluding hydrogens is 1490 g/mol. The highest BCUT2D eigenvalue weighted by atomic mass is 31.2. The smallest absolute Gasteiger partial charge is 0.474 e. The molecule has 6 rings (SSSR count). The second-order valence-electron chi connectivity index (χ2n) is 28.9. The molecule has 5 saturated heterocycles. The normalized spacial score (nSPS) is 35.4. The molecule has 1 aliphatic carbocycles. The number of phosphoric ester groups is 1. The van der Waals surface area contributed by atoms with Crippen molar-refractivity contribution in [1.29, 1.82) is 0 Å². The second kappa shape index (κ2) is 41.2. The Hall–Kier alpha value is -6.20. The zero-order valence-corrected chi connectivity index (χ0v) is 63.3. The summed E-state index contributed by atoms with van der Waals surface area (Å²) in [5.74, 6) is -7.87. The Morgan fingerprint density at radius 2 is 1.25 bits per heavy atom. The van der Waals surface area contributed by atoms with Gasteiger partial charge >= 0.3 is 19.9 Å². The number of allylic oxidation sites excluding steroid dienone is 10. The highest BCUT2D eigenvalue weighted by molar-refractivity contribution is 7.47. The van der Waals surface area contributed by atoms with Crippen molar-refractivity contribution >= 4 is 49.3 Å². The Labute approximate surface area is 633 Å². The number of aliphatic hydroxyl groups excluding tert-OH is 11. The number of nitrogens with one attached hydrogen (secondary N) is 3. The maximum absolute atomic E-state index is 14.1. The number of nitrogens with two attached hydrogens (primary N) is 2. The fourth-order valence-corrected chi connectivity index (χ4v) is 13.5. The predicted molar refractivity (Wildman–Crippen MR) is 373 cm³/mol. The van der Waals surface area contributed by atoms with Crippen LogP contribution in [0.3, 0.4) is 0 Å². The first-order valence-electron chi connectivity index (χ1n) is 35.5. The van der Waals surface area contributed by atoms with E-state index < -0.39 is 246 Å². The van der Waals surface area contributed by atoms with Gasteiger partial charge in [0.1, 0.15) is 108 Å². The number of aliphatic hydroxyl groups is 12. The van der Waals surface area contributed by atoms with Crippen molar-refractivity contribution in [2.75, 3.05) is 33.0 Å². The molecular formula is C69H108N5O35P. The zero-order valence-electron chi connectivity index (χ0n) is 62.4. The number of carboxylic acids is 1. The molecule has 0 bridgehead atoms. The first kappa shape index (κ1) is 92.7. The summed E-state index contributed by atoms with van der Waals surface area (Å²) in [4.78, 5) is 102. The quantitative estimate of drug-likeness (QED) is 0.0216. The van der Waals surface area contributed by atoms with E-state index in [0.29, 0.717) is 12.8 Å². The third-order valence-corrected chi connectivity index (χ3v) is 19.9. The summed E-state index contributed by atoms with van der Waals surface area (Å²) in [6, 6.07) is -4.16. The maximum atomic E-state index is 14.1. The number of carboxylic acid groups (broad SMARTS) is 1. The van der Waals surface area contributed by atoms with E-state index in [-0.39, 0.29) is 24.9 Å². The van der Waals surface area contributed by atoms with E-state index >= 15 is 0 Å². The number of aliphatic carboxylic acids is 1. The highest BCUT2D eigenvalue weighted by Gasteiger charge is 2.63. The van der Waals surface area contributed by atoms with Crippen LogP contribution in [0.5, 0.6) is 0 Å². The third-order valence-electron chi connectivity index (χ3n) is 18.9. The summed E-state index contributed by atoms with van der Waals surface area (Å²) in [5, 5.41) is 150. The molecule has 5 aliphatic heterocycles. The van der Waals surface area contributed by atoms with Crippen LogP contribution < -0.4 is 27.4 Å². The molecule has 0 aromatic carbocycles. The van der Waals surface area contributed by atoms with Crippen molar-refractivity contribution in [2.45, 2.75) is 279 Å². The number of primary amides is 2. The lowest BCUT2D eigenvalue weighted by Gasteiger charge is -2.52. The van der Waals surface area contributed by atoms with Crippen molar-refractivity contribution in [2.24, 2.45) is 16.9 Å². The Bertz CT molecular complexity index is 3380. The van der Waals surface area contributed by atoms with Gasteiger partial charge in [-0.3, -0.25) is 33.0 Å². The van der Waals surface area contributed by atoms with Gasteiger partial charge in [-0.25, -0.2) is 14.2 Å². The second-order valence-corrected chi connectivity index (χ2v) is 30.3. The lowest BCUT2D eigenvalue weighted by atomic mass is 9.85. The number of carbonyl (C=O) groups excluding carboxylic acids is 6. The lowest BCUT2D eigenvalue weighted by molar-refractivity contribution is -0.376. The fourth-order valence-electron chi connectivity index (χ4n) is 12.7. The van der Waals surface area contributed by atoms with Gasteiger partial charge in [0, 0.05) is 26.7 Å². The number of rotatable bonds is 38. The summed E-state index contributed by atoms with van der Waals surface area (Å²) in [6.07, 6.45) is -37.3.